The van der Waals surface area contributed by atoms with Crippen LogP contribution in [0.1, 0.15) is 56.5 Å². The molecule has 5 nitrogen and oxygen atoms in total. The molecule has 0 aliphatic carbocycles. The zero-order valence-electron chi connectivity index (χ0n) is 17.7. The van der Waals surface area contributed by atoms with E-state index in [9.17, 15) is 9.90 Å². The minimum atomic E-state index is -0.903. The summed E-state index contributed by atoms with van der Waals surface area (Å²) in [6.07, 6.45) is 4.39. The molecule has 5 heteroatoms. The van der Waals surface area contributed by atoms with Crippen molar-refractivity contribution >= 4 is 5.97 Å². The number of allylic oxidation sites excluding steroid dienone is 1. The molecule has 154 valence electrons. The van der Waals surface area contributed by atoms with Crippen LogP contribution in [-0.4, -0.2) is 27.1 Å². The van der Waals surface area contributed by atoms with Crippen LogP contribution in [0.3, 0.4) is 0 Å². The zero-order valence-corrected chi connectivity index (χ0v) is 17.7. The van der Waals surface area contributed by atoms with Crippen LogP contribution in [0, 0.1) is 5.92 Å². The number of hydrogen-bond acceptors (Lipinski definition) is 4. The lowest BCUT2D eigenvalue weighted by Crippen LogP contribution is -2.44. The van der Waals surface area contributed by atoms with Crippen LogP contribution < -0.4 is 5.53 Å². The number of nitrogens with zero attached hydrogens (tertiary/aromatic N) is 2. The summed E-state index contributed by atoms with van der Waals surface area (Å²) in [6.45, 7) is 9.64. The molecule has 0 spiro atoms. The molecule has 0 fully saturated rings. The molecule has 1 heterocycles. The minimum Gasteiger partial charge on any atom is -0.478 e. The molecule has 2 aromatic rings. The average Bonchev–Trinajstić information content (AvgIpc) is 3.17. The van der Waals surface area contributed by atoms with Crippen molar-refractivity contribution in [2.24, 2.45) is 5.92 Å². The Morgan fingerprint density at radius 3 is 2.34 bits per heavy atom. The molecular formula is C24H31N3O2. The molecule has 29 heavy (non-hydrogen) atoms. The SMILES string of the molecule is CCC(C)C1=CN(C(C)CC)NN1Cc1ccc(-c2ccccc2C(=O)O)cc1. The average molecular weight is 394 g/mol. The quantitative estimate of drug-likeness (QED) is 0.639. The summed E-state index contributed by atoms with van der Waals surface area (Å²) in [4.78, 5) is 11.5. The molecule has 0 aromatic heterocycles. The fourth-order valence-corrected chi connectivity index (χ4v) is 3.48. The number of carbonyl (C=O) groups is 1. The van der Waals surface area contributed by atoms with Gasteiger partial charge in [-0.1, -0.05) is 63.2 Å². The highest BCUT2D eigenvalue weighted by molar-refractivity contribution is 5.95. The highest BCUT2D eigenvalue weighted by Gasteiger charge is 2.26. The summed E-state index contributed by atoms with van der Waals surface area (Å²) in [5, 5.41) is 13.9. The van der Waals surface area contributed by atoms with Gasteiger partial charge in [0, 0.05) is 12.2 Å². The molecule has 0 amide bonds. The Bertz CT molecular complexity index is 876. The predicted octanol–water partition coefficient (Wildman–Crippen LogP) is 5.28. The van der Waals surface area contributed by atoms with E-state index in [2.05, 4.69) is 61.6 Å². The fourth-order valence-electron chi connectivity index (χ4n) is 3.48. The molecule has 0 saturated carbocycles. The molecule has 0 radical (unpaired) electrons. The van der Waals surface area contributed by atoms with Gasteiger partial charge in [-0.25, -0.2) is 4.79 Å². The predicted molar refractivity (Wildman–Crippen MR) is 117 cm³/mol. The zero-order chi connectivity index (χ0) is 21.0. The van der Waals surface area contributed by atoms with Crippen molar-refractivity contribution in [3.63, 3.8) is 0 Å². The third kappa shape index (κ3) is 4.62. The van der Waals surface area contributed by atoms with Crippen LogP contribution in [-0.2, 0) is 6.54 Å². The molecule has 1 aliphatic rings. The molecule has 0 saturated heterocycles. The van der Waals surface area contributed by atoms with Gasteiger partial charge in [0.05, 0.1) is 17.8 Å². The summed E-state index contributed by atoms with van der Waals surface area (Å²) in [5.41, 5.74) is 7.98. The first-order valence-electron chi connectivity index (χ1n) is 10.4. The fraction of sp³-hybridized carbons (Fsp3) is 0.375. The van der Waals surface area contributed by atoms with Gasteiger partial charge in [-0.2, -0.15) is 0 Å². The second kappa shape index (κ2) is 9.14. The standard InChI is InChI=1S/C24H31N3O2/c1-5-17(3)23-16-26(18(4)6-2)25-27(23)15-19-11-13-20(14-12-19)21-9-7-8-10-22(21)24(28)29/h7-14,16-18,25H,5-6,15H2,1-4H3,(H,28,29). The van der Waals surface area contributed by atoms with Gasteiger partial charge in [-0.15, -0.1) is 5.53 Å². The first-order valence-corrected chi connectivity index (χ1v) is 10.4. The van der Waals surface area contributed by atoms with Crippen molar-refractivity contribution in [2.75, 3.05) is 0 Å². The van der Waals surface area contributed by atoms with Crippen molar-refractivity contribution < 1.29 is 9.90 Å². The topological polar surface area (TPSA) is 55.8 Å². The lowest BCUT2D eigenvalue weighted by Gasteiger charge is -2.29. The molecule has 2 unspecified atom stereocenters. The van der Waals surface area contributed by atoms with Gasteiger partial charge in [-0.3, -0.25) is 10.0 Å². The van der Waals surface area contributed by atoms with E-state index in [1.165, 1.54) is 11.3 Å². The summed E-state index contributed by atoms with van der Waals surface area (Å²) >= 11 is 0. The van der Waals surface area contributed by atoms with E-state index in [1.54, 1.807) is 12.1 Å². The Morgan fingerprint density at radius 1 is 1.03 bits per heavy atom. The van der Waals surface area contributed by atoms with E-state index < -0.39 is 5.97 Å². The Hall–Kier alpha value is -2.79. The largest absolute Gasteiger partial charge is 0.478 e. The van der Waals surface area contributed by atoms with Gasteiger partial charge in [0.1, 0.15) is 0 Å². The van der Waals surface area contributed by atoms with Gasteiger partial charge in [0.25, 0.3) is 0 Å². The van der Waals surface area contributed by atoms with Crippen molar-refractivity contribution in [1.29, 1.82) is 0 Å². The maximum Gasteiger partial charge on any atom is 0.336 e. The van der Waals surface area contributed by atoms with Gasteiger partial charge >= 0.3 is 5.97 Å². The van der Waals surface area contributed by atoms with E-state index >= 15 is 0 Å². The van der Waals surface area contributed by atoms with E-state index in [-0.39, 0.29) is 0 Å². The monoisotopic (exact) mass is 393 g/mol. The summed E-state index contributed by atoms with van der Waals surface area (Å²) in [5.74, 6) is -0.433. The van der Waals surface area contributed by atoms with Crippen LogP contribution in [0.4, 0.5) is 0 Å². The molecule has 2 atom stereocenters. The number of carboxylic acids is 1. The number of rotatable bonds is 8. The summed E-state index contributed by atoms with van der Waals surface area (Å²) in [7, 11) is 0. The number of benzene rings is 2. The Morgan fingerprint density at radius 2 is 1.72 bits per heavy atom. The second-order valence-corrected chi connectivity index (χ2v) is 7.76. The summed E-state index contributed by atoms with van der Waals surface area (Å²) in [6, 6.07) is 15.7. The molecular weight excluding hydrogens is 362 g/mol. The van der Waals surface area contributed by atoms with Crippen molar-refractivity contribution in [3.05, 3.63) is 71.6 Å². The van der Waals surface area contributed by atoms with E-state index in [4.69, 9.17) is 0 Å². The van der Waals surface area contributed by atoms with Crippen LogP contribution in [0.2, 0.25) is 0 Å². The van der Waals surface area contributed by atoms with Crippen LogP contribution >= 0.6 is 0 Å². The van der Waals surface area contributed by atoms with Crippen molar-refractivity contribution in [1.82, 2.24) is 15.6 Å². The lowest BCUT2D eigenvalue weighted by molar-refractivity contribution is 0.0697. The van der Waals surface area contributed by atoms with E-state index in [1.807, 2.05) is 24.3 Å². The van der Waals surface area contributed by atoms with Crippen LogP contribution in [0.5, 0.6) is 0 Å². The number of hydrazine groups is 2. The Balaban J connectivity index is 1.79. The first kappa shape index (κ1) is 20.9. The first-order chi connectivity index (χ1) is 13.9. The Kier molecular flexibility index (Phi) is 6.60. The van der Waals surface area contributed by atoms with E-state index in [0.29, 0.717) is 17.5 Å². The van der Waals surface area contributed by atoms with Gasteiger partial charge in [0.2, 0.25) is 0 Å². The number of carboxylic acid groups (broad SMARTS) is 1. The highest BCUT2D eigenvalue weighted by Crippen LogP contribution is 2.28. The second-order valence-electron chi connectivity index (χ2n) is 7.76. The Labute approximate surface area is 173 Å². The highest BCUT2D eigenvalue weighted by atomic mass is 16.4. The van der Waals surface area contributed by atoms with Gasteiger partial charge in [0.15, 0.2) is 0 Å². The smallest absolute Gasteiger partial charge is 0.336 e. The third-order valence-corrected chi connectivity index (χ3v) is 5.77. The maximum atomic E-state index is 11.5. The number of hydrogen-bond donors (Lipinski definition) is 2. The normalized spacial score (nSPS) is 15.9. The summed E-state index contributed by atoms with van der Waals surface area (Å²) < 4.78 is 0. The molecule has 3 rings (SSSR count). The molecule has 0 bridgehead atoms. The van der Waals surface area contributed by atoms with Crippen molar-refractivity contribution in [2.45, 2.75) is 53.1 Å². The van der Waals surface area contributed by atoms with Gasteiger partial charge in [-0.05, 0) is 48.4 Å². The molecule has 2 N–H and O–H groups in total. The van der Waals surface area contributed by atoms with Gasteiger partial charge < -0.3 is 5.11 Å². The van der Waals surface area contributed by atoms with E-state index in [0.717, 1.165) is 30.5 Å². The van der Waals surface area contributed by atoms with Crippen LogP contribution in [0.15, 0.2) is 60.4 Å². The maximum absolute atomic E-state index is 11.5. The third-order valence-electron chi connectivity index (χ3n) is 5.77. The number of aromatic carboxylic acids is 1. The molecule has 2 aromatic carbocycles. The lowest BCUT2D eigenvalue weighted by atomic mass is 9.98. The van der Waals surface area contributed by atoms with Crippen molar-refractivity contribution in [3.8, 4) is 11.1 Å². The molecule has 1 aliphatic heterocycles. The minimum absolute atomic E-state index is 0.327. The van der Waals surface area contributed by atoms with Crippen LogP contribution in [0.25, 0.3) is 11.1 Å². The number of nitrogens with one attached hydrogen (secondary N) is 1.